The maximum absolute atomic E-state index is 11.4. The Kier molecular flexibility index (Phi) is 2.53. The monoisotopic (exact) mass is 205 g/mol. The Morgan fingerprint density at radius 3 is 3.00 bits per heavy atom. The van der Waals surface area contributed by atoms with Crippen LogP contribution in [0.25, 0.3) is 0 Å². The molecule has 0 atom stereocenters. The molecule has 1 aromatic carbocycles. The summed E-state index contributed by atoms with van der Waals surface area (Å²) in [7, 11) is 0. The third-order valence-electron chi connectivity index (χ3n) is 2.24. The van der Waals surface area contributed by atoms with E-state index in [2.05, 4.69) is 10.6 Å². The lowest BCUT2D eigenvalue weighted by atomic mass is 10.2. The molecule has 1 fully saturated rings. The van der Waals surface area contributed by atoms with Crippen molar-refractivity contribution < 1.29 is 9.59 Å². The molecule has 0 aromatic heterocycles. The van der Waals surface area contributed by atoms with Crippen LogP contribution in [0.3, 0.4) is 0 Å². The highest BCUT2D eigenvalue weighted by Gasteiger charge is 2.20. The smallest absolute Gasteiger partial charge is 0.321 e. The number of anilines is 2. The van der Waals surface area contributed by atoms with Gasteiger partial charge in [0.05, 0.1) is 0 Å². The average molecular weight is 205 g/mol. The lowest BCUT2D eigenvalue weighted by Crippen LogP contribution is -2.27. The van der Waals surface area contributed by atoms with Crippen molar-refractivity contribution in [2.45, 2.75) is 0 Å². The summed E-state index contributed by atoms with van der Waals surface area (Å²) < 4.78 is 0. The second kappa shape index (κ2) is 4.00. The van der Waals surface area contributed by atoms with Crippen LogP contribution in [0.15, 0.2) is 24.3 Å². The zero-order chi connectivity index (χ0) is 10.7. The second-order valence-corrected chi connectivity index (χ2v) is 3.20. The summed E-state index contributed by atoms with van der Waals surface area (Å²) in [5, 5.41) is 5.26. The number of hydrogen-bond donors (Lipinski definition) is 2. The van der Waals surface area contributed by atoms with Gasteiger partial charge in [0.2, 0.25) is 6.41 Å². The molecule has 0 saturated carbocycles. The van der Waals surface area contributed by atoms with E-state index < -0.39 is 0 Å². The number of nitrogens with zero attached hydrogens (tertiary/aromatic N) is 1. The summed E-state index contributed by atoms with van der Waals surface area (Å²) in [6, 6.07) is 7.07. The molecule has 0 spiro atoms. The first-order valence-electron chi connectivity index (χ1n) is 4.67. The molecule has 0 radical (unpaired) electrons. The van der Waals surface area contributed by atoms with Crippen LogP contribution in [0.4, 0.5) is 16.2 Å². The van der Waals surface area contributed by atoms with E-state index in [1.165, 1.54) is 0 Å². The SMILES string of the molecule is O=CNc1cccc(N2CCNC2=O)c1. The fourth-order valence-electron chi connectivity index (χ4n) is 1.55. The van der Waals surface area contributed by atoms with Crippen molar-refractivity contribution in [1.29, 1.82) is 0 Å². The van der Waals surface area contributed by atoms with Crippen LogP contribution in [-0.2, 0) is 4.79 Å². The van der Waals surface area contributed by atoms with Crippen molar-refractivity contribution in [3.63, 3.8) is 0 Å². The third-order valence-corrected chi connectivity index (χ3v) is 2.24. The number of benzene rings is 1. The minimum Gasteiger partial charge on any atom is -0.336 e. The van der Waals surface area contributed by atoms with Crippen LogP contribution in [0.1, 0.15) is 0 Å². The predicted molar refractivity (Wildman–Crippen MR) is 56.9 cm³/mol. The van der Waals surface area contributed by atoms with Crippen LogP contribution >= 0.6 is 0 Å². The van der Waals surface area contributed by atoms with Gasteiger partial charge in [-0.05, 0) is 18.2 Å². The number of carbonyl (C=O) groups is 2. The summed E-state index contributed by atoms with van der Waals surface area (Å²) in [5.74, 6) is 0. The van der Waals surface area contributed by atoms with E-state index in [0.29, 0.717) is 25.2 Å². The Morgan fingerprint density at radius 2 is 2.33 bits per heavy atom. The minimum atomic E-state index is -0.0988. The molecule has 3 amide bonds. The highest BCUT2D eigenvalue weighted by atomic mass is 16.2. The number of amides is 3. The molecule has 15 heavy (non-hydrogen) atoms. The molecule has 1 aromatic rings. The topological polar surface area (TPSA) is 61.4 Å². The van der Waals surface area contributed by atoms with Crippen molar-refractivity contribution in [3.8, 4) is 0 Å². The van der Waals surface area contributed by atoms with Gasteiger partial charge in [0.1, 0.15) is 0 Å². The molecular formula is C10H11N3O2. The first-order valence-corrected chi connectivity index (χ1v) is 4.67. The Balaban J connectivity index is 2.23. The lowest BCUT2D eigenvalue weighted by molar-refractivity contribution is -0.105. The maximum Gasteiger partial charge on any atom is 0.321 e. The van der Waals surface area contributed by atoms with Crippen molar-refractivity contribution in [1.82, 2.24) is 5.32 Å². The zero-order valence-electron chi connectivity index (χ0n) is 8.06. The van der Waals surface area contributed by atoms with E-state index in [9.17, 15) is 9.59 Å². The van der Waals surface area contributed by atoms with Crippen LogP contribution in [0.5, 0.6) is 0 Å². The molecule has 1 aliphatic heterocycles. The van der Waals surface area contributed by atoms with Gasteiger partial charge in [-0.2, -0.15) is 0 Å². The van der Waals surface area contributed by atoms with Crippen molar-refractivity contribution in [2.24, 2.45) is 0 Å². The Labute approximate surface area is 87.1 Å². The Morgan fingerprint density at radius 1 is 1.47 bits per heavy atom. The highest BCUT2D eigenvalue weighted by molar-refractivity contribution is 5.94. The van der Waals surface area contributed by atoms with Crippen LogP contribution in [0.2, 0.25) is 0 Å². The standard InChI is InChI=1S/C10H11N3O2/c14-7-12-8-2-1-3-9(6-8)13-5-4-11-10(13)15/h1-3,6-7H,4-5H2,(H,11,15)(H,12,14). The Bertz CT molecular complexity index is 392. The van der Waals surface area contributed by atoms with Crippen molar-refractivity contribution in [2.75, 3.05) is 23.3 Å². The van der Waals surface area contributed by atoms with Gasteiger partial charge >= 0.3 is 6.03 Å². The van der Waals surface area contributed by atoms with Crippen LogP contribution in [-0.4, -0.2) is 25.5 Å². The number of hydrogen-bond acceptors (Lipinski definition) is 2. The number of rotatable bonds is 3. The van der Waals surface area contributed by atoms with Crippen molar-refractivity contribution in [3.05, 3.63) is 24.3 Å². The van der Waals surface area contributed by atoms with E-state index in [-0.39, 0.29) is 6.03 Å². The molecular weight excluding hydrogens is 194 g/mol. The van der Waals surface area contributed by atoms with Crippen LogP contribution in [0, 0.1) is 0 Å². The van der Waals surface area contributed by atoms with E-state index in [0.717, 1.165) is 5.69 Å². The van der Waals surface area contributed by atoms with Gasteiger partial charge in [-0.3, -0.25) is 9.69 Å². The molecule has 1 heterocycles. The first kappa shape index (κ1) is 9.51. The lowest BCUT2D eigenvalue weighted by Gasteiger charge is -2.14. The molecule has 0 unspecified atom stereocenters. The molecule has 0 bridgehead atoms. The molecule has 2 rings (SSSR count). The predicted octanol–water partition coefficient (Wildman–Crippen LogP) is 0.785. The van der Waals surface area contributed by atoms with E-state index in [1.54, 1.807) is 23.1 Å². The fourth-order valence-corrected chi connectivity index (χ4v) is 1.55. The fraction of sp³-hybridized carbons (Fsp3) is 0.200. The minimum absolute atomic E-state index is 0.0988. The van der Waals surface area contributed by atoms with Gasteiger partial charge in [-0.25, -0.2) is 4.79 Å². The second-order valence-electron chi connectivity index (χ2n) is 3.20. The van der Waals surface area contributed by atoms with Gasteiger partial charge in [0.15, 0.2) is 0 Å². The largest absolute Gasteiger partial charge is 0.336 e. The summed E-state index contributed by atoms with van der Waals surface area (Å²) in [6.45, 7) is 1.31. The highest BCUT2D eigenvalue weighted by Crippen LogP contribution is 2.20. The van der Waals surface area contributed by atoms with Crippen molar-refractivity contribution >= 4 is 23.8 Å². The third kappa shape index (κ3) is 1.90. The molecule has 5 nitrogen and oxygen atoms in total. The van der Waals surface area contributed by atoms with E-state index >= 15 is 0 Å². The molecule has 1 saturated heterocycles. The maximum atomic E-state index is 11.4. The number of urea groups is 1. The van der Waals surface area contributed by atoms with Gasteiger partial charge in [-0.15, -0.1) is 0 Å². The molecule has 1 aliphatic rings. The van der Waals surface area contributed by atoms with Gasteiger partial charge in [0.25, 0.3) is 0 Å². The molecule has 5 heteroatoms. The average Bonchev–Trinajstić information content (AvgIpc) is 2.65. The van der Waals surface area contributed by atoms with E-state index in [4.69, 9.17) is 0 Å². The molecule has 2 N–H and O–H groups in total. The van der Waals surface area contributed by atoms with Gasteiger partial charge in [0, 0.05) is 24.5 Å². The Hall–Kier alpha value is -2.04. The normalized spacial score (nSPS) is 14.9. The number of carbonyl (C=O) groups excluding carboxylic acids is 2. The van der Waals surface area contributed by atoms with Gasteiger partial charge in [-0.1, -0.05) is 6.07 Å². The summed E-state index contributed by atoms with van der Waals surface area (Å²) in [5.41, 5.74) is 1.47. The summed E-state index contributed by atoms with van der Waals surface area (Å²) in [6.07, 6.45) is 0.614. The molecule has 78 valence electrons. The quantitative estimate of drug-likeness (QED) is 0.716. The zero-order valence-corrected chi connectivity index (χ0v) is 8.06. The van der Waals surface area contributed by atoms with E-state index in [1.807, 2.05) is 6.07 Å². The van der Waals surface area contributed by atoms with Gasteiger partial charge < -0.3 is 10.6 Å². The first-order chi connectivity index (χ1) is 7.31. The summed E-state index contributed by atoms with van der Waals surface area (Å²) >= 11 is 0. The summed E-state index contributed by atoms with van der Waals surface area (Å²) in [4.78, 5) is 23.3. The van der Waals surface area contributed by atoms with Crippen LogP contribution < -0.4 is 15.5 Å². The molecule has 0 aliphatic carbocycles. The number of nitrogens with one attached hydrogen (secondary N) is 2.